The molecule has 0 bridgehead atoms. The van der Waals surface area contributed by atoms with Crippen LogP contribution in [-0.4, -0.2) is 56.7 Å². The molecule has 10 heteroatoms. The van der Waals surface area contributed by atoms with Crippen LogP contribution in [0.4, 0.5) is 5.69 Å². The van der Waals surface area contributed by atoms with Gasteiger partial charge in [-0.15, -0.1) is 0 Å². The molecule has 1 unspecified atom stereocenters. The number of ether oxygens (including phenoxy) is 2. The van der Waals surface area contributed by atoms with Crippen molar-refractivity contribution in [1.29, 1.82) is 0 Å². The monoisotopic (exact) mass is 575 g/mol. The van der Waals surface area contributed by atoms with E-state index in [0.29, 0.717) is 12.3 Å². The van der Waals surface area contributed by atoms with Crippen molar-refractivity contribution < 1.29 is 23.9 Å². The van der Waals surface area contributed by atoms with Crippen molar-refractivity contribution in [2.24, 2.45) is 5.41 Å². The first-order valence-electron chi connectivity index (χ1n) is 13.4. The lowest BCUT2D eigenvalue weighted by Crippen LogP contribution is -2.49. The average molecular weight is 577 g/mol. The number of hydrogen-bond acceptors (Lipinski definition) is 6. The summed E-state index contributed by atoms with van der Waals surface area (Å²) >= 11 is 12.3. The van der Waals surface area contributed by atoms with Crippen molar-refractivity contribution in [2.75, 3.05) is 32.1 Å². The third kappa shape index (κ3) is 7.51. The van der Waals surface area contributed by atoms with Gasteiger partial charge in [0.1, 0.15) is 6.04 Å². The van der Waals surface area contributed by atoms with Crippen molar-refractivity contribution in [3.63, 3.8) is 0 Å². The molecule has 1 aliphatic carbocycles. The zero-order valence-electron chi connectivity index (χ0n) is 22.1. The van der Waals surface area contributed by atoms with Crippen molar-refractivity contribution >= 4 is 46.7 Å². The number of morpholine rings is 1. The highest BCUT2D eigenvalue weighted by molar-refractivity contribution is 6.40. The summed E-state index contributed by atoms with van der Waals surface area (Å²) in [7, 11) is 1.32. The van der Waals surface area contributed by atoms with Gasteiger partial charge in [-0.1, -0.05) is 54.2 Å². The number of benzene rings is 2. The molecule has 1 heterocycles. The zero-order valence-corrected chi connectivity index (χ0v) is 23.6. The van der Waals surface area contributed by atoms with Crippen molar-refractivity contribution in [2.45, 2.75) is 57.1 Å². The van der Waals surface area contributed by atoms with Gasteiger partial charge in [-0.25, -0.2) is 4.79 Å². The van der Waals surface area contributed by atoms with E-state index in [1.54, 1.807) is 42.5 Å². The normalized spacial score (nSPS) is 19.2. The number of carbonyl (C=O) groups excluding carboxylic acids is 3. The number of methoxy groups -OCH3 is 1. The SMILES string of the molecule is COC(=O)[C@H](Cc1ccc(NC(=O)c2c(Cl)cccc2Cl)cc1)NC(=O)C1(CCC2CNCCO2)CCCC1. The van der Waals surface area contributed by atoms with Gasteiger partial charge in [-0.3, -0.25) is 9.59 Å². The minimum atomic E-state index is -0.824. The van der Waals surface area contributed by atoms with Crippen molar-refractivity contribution in [3.05, 3.63) is 63.6 Å². The van der Waals surface area contributed by atoms with E-state index in [-0.39, 0.29) is 34.0 Å². The summed E-state index contributed by atoms with van der Waals surface area (Å²) in [6, 6.07) is 11.1. The van der Waals surface area contributed by atoms with E-state index in [9.17, 15) is 14.4 Å². The highest BCUT2D eigenvalue weighted by atomic mass is 35.5. The van der Waals surface area contributed by atoms with Gasteiger partial charge < -0.3 is 25.4 Å². The first-order chi connectivity index (χ1) is 18.8. The van der Waals surface area contributed by atoms with E-state index in [1.165, 1.54) is 7.11 Å². The molecule has 1 saturated heterocycles. The maximum absolute atomic E-state index is 13.6. The van der Waals surface area contributed by atoms with Gasteiger partial charge in [0.05, 0.1) is 35.4 Å². The second kappa shape index (κ2) is 13.6. The second-order valence-corrected chi connectivity index (χ2v) is 11.0. The summed E-state index contributed by atoms with van der Waals surface area (Å²) in [6.45, 7) is 2.33. The summed E-state index contributed by atoms with van der Waals surface area (Å²) in [5, 5.41) is 9.64. The van der Waals surface area contributed by atoms with Crippen LogP contribution in [0.2, 0.25) is 10.0 Å². The maximum Gasteiger partial charge on any atom is 0.328 e. The topological polar surface area (TPSA) is 106 Å². The Kier molecular flexibility index (Phi) is 10.2. The molecule has 3 N–H and O–H groups in total. The smallest absolute Gasteiger partial charge is 0.328 e. The fraction of sp³-hybridized carbons (Fsp3) is 0.483. The van der Waals surface area contributed by atoms with Crippen molar-refractivity contribution in [3.8, 4) is 0 Å². The first-order valence-corrected chi connectivity index (χ1v) is 14.1. The highest BCUT2D eigenvalue weighted by Gasteiger charge is 2.42. The van der Waals surface area contributed by atoms with Gasteiger partial charge in [0.15, 0.2) is 0 Å². The van der Waals surface area contributed by atoms with E-state index in [1.807, 2.05) is 0 Å². The minimum absolute atomic E-state index is 0.0975. The number of rotatable bonds is 10. The highest BCUT2D eigenvalue weighted by Crippen LogP contribution is 2.43. The van der Waals surface area contributed by atoms with Crippen LogP contribution in [0, 0.1) is 5.41 Å². The molecule has 4 rings (SSSR count). The first kappa shape index (κ1) is 29.3. The van der Waals surface area contributed by atoms with Crippen LogP contribution in [0.15, 0.2) is 42.5 Å². The van der Waals surface area contributed by atoms with E-state index < -0.39 is 23.3 Å². The lowest BCUT2D eigenvalue weighted by atomic mass is 9.79. The third-order valence-corrected chi connectivity index (χ3v) is 8.25. The van der Waals surface area contributed by atoms with Crippen LogP contribution in [0.3, 0.4) is 0 Å². The van der Waals surface area contributed by atoms with Crippen LogP contribution in [0.25, 0.3) is 0 Å². The Morgan fingerprint density at radius 1 is 1.10 bits per heavy atom. The standard InChI is InChI=1S/C29H35Cl2N3O5/c1-38-27(36)24(34-28(37)29(12-2-3-13-29)14-11-21-18-32-15-16-39-21)17-19-7-9-20(10-8-19)33-26(35)25-22(30)5-4-6-23(25)31/h4-10,21,24,32H,2-3,11-18H2,1H3,(H,33,35)(H,34,37)/t21?,24-/m0/s1. The van der Waals surface area contributed by atoms with Gasteiger partial charge in [0.2, 0.25) is 5.91 Å². The molecule has 2 fully saturated rings. The average Bonchev–Trinajstić information content (AvgIpc) is 3.43. The van der Waals surface area contributed by atoms with E-state index in [2.05, 4.69) is 16.0 Å². The Hall–Kier alpha value is -2.65. The van der Waals surface area contributed by atoms with Gasteiger partial charge >= 0.3 is 5.97 Å². The number of carbonyl (C=O) groups is 3. The van der Waals surface area contributed by atoms with Gasteiger partial charge in [-0.2, -0.15) is 0 Å². The Bertz CT molecular complexity index is 1140. The fourth-order valence-corrected chi connectivity index (χ4v) is 5.97. The van der Waals surface area contributed by atoms with Crippen LogP contribution in [-0.2, 0) is 25.5 Å². The van der Waals surface area contributed by atoms with Crippen LogP contribution in [0.1, 0.15) is 54.4 Å². The van der Waals surface area contributed by atoms with Gasteiger partial charge in [-0.05, 0) is 55.5 Å². The lowest BCUT2D eigenvalue weighted by Gasteiger charge is -2.32. The molecule has 2 aromatic rings. The van der Waals surface area contributed by atoms with E-state index in [0.717, 1.165) is 57.2 Å². The Morgan fingerprint density at radius 2 is 1.79 bits per heavy atom. The second-order valence-electron chi connectivity index (χ2n) is 10.2. The number of hydrogen-bond donors (Lipinski definition) is 3. The Labute approximate surface area is 239 Å². The molecule has 2 aliphatic rings. The summed E-state index contributed by atoms with van der Waals surface area (Å²) in [6.07, 6.45) is 5.48. The summed E-state index contributed by atoms with van der Waals surface area (Å²) in [5.41, 5.74) is 1.05. The Morgan fingerprint density at radius 3 is 2.41 bits per heavy atom. The van der Waals surface area contributed by atoms with Gasteiger partial charge in [0, 0.05) is 30.6 Å². The molecule has 1 aliphatic heterocycles. The number of esters is 1. The number of anilines is 1. The molecule has 1 saturated carbocycles. The summed E-state index contributed by atoms with van der Waals surface area (Å²) in [4.78, 5) is 38.9. The molecule has 0 radical (unpaired) electrons. The molecule has 0 spiro atoms. The molecule has 210 valence electrons. The molecule has 0 aromatic heterocycles. The minimum Gasteiger partial charge on any atom is -0.467 e. The van der Waals surface area contributed by atoms with Crippen molar-refractivity contribution in [1.82, 2.24) is 10.6 Å². The number of halogens is 2. The molecule has 2 atom stereocenters. The molecule has 8 nitrogen and oxygen atoms in total. The number of amides is 2. The predicted molar refractivity (Wildman–Crippen MR) is 151 cm³/mol. The maximum atomic E-state index is 13.6. The number of nitrogens with one attached hydrogen (secondary N) is 3. The Balaban J connectivity index is 1.40. The molecule has 2 aromatic carbocycles. The largest absolute Gasteiger partial charge is 0.467 e. The van der Waals surface area contributed by atoms with Crippen LogP contribution >= 0.6 is 23.2 Å². The van der Waals surface area contributed by atoms with E-state index in [4.69, 9.17) is 32.7 Å². The zero-order chi connectivity index (χ0) is 27.8. The van der Waals surface area contributed by atoms with Crippen LogP contribution < -0.4 is 16.0 Å². The fourth-order valence-electron chi connectivity index (χ4n) is 5.40. The summed E-state index contributed by atoms with van der Waals surface area (Å²) in [5.74, 6) is -1.02. The quantitative estimate of drug-likeness (QED) is 0.352. The molecular formula is C29H35Cl2N3O5. The van der Waals surface area contributed by atoms with Gasteiger partial charge in [0.25, 0.3) is 5.91 Å². The molecule has 39 heavy (non-hydrogen) atoms. The third-order valence-electron chi connectivity index (χ3n) is 7.62. The van der Waals surface area contributed by atoms with Crippen LogP contribution in [0.5, 0.6) is 0 Å². The predicted octanol–water partition coefficient (Wildman–Crippen LogP) is 4.78. The lowest BCUT2D eigenvalue weighted by molar-refractivity contribution is -0.146. The van der Waals surface area contributed by atoms with E-state index >= 15 is 0 Å². The molecular weight excluding hydrogens is 541 g/mol. The summed E-state index contributed by atoms with van der Waals surface area (Å²) < 4.78 is 10.9. The molecule has 2 amide bonds.